The van der Waals surface area contributed by atoms with E-state index >= 15 is 0 Å². The van der Waals surface area contributed by atoms with E-state index in [-0.39, 0.29) is 0 Å². The molecule has 0 aliphatic carbocycles. The van der Waals surface area contributed by atoms with E-state index in [9.17, 15) is 18.0 Å². The average Bonchev–Trinajstić information content (AvgIpc) is 2.29. The Morgan fingerprint density at radius 3 is 2.45 bits per heavy atom. The minimum absolute atomic E-state index is 0.482. The Balaban J connectivity index is 3.41. The zero-order valence-electron chi connectivity index (χ0n) is 16.8. The second-order valence-corrected chi connectivity index (χ2v) is 5.99. The van der Waals surface area contributed by atoms with Crippen LogP contribution in [0.5, 0.6) is 0 Å². The minimum Gasteiger partial charge on any atom is -0.444 e. The molecule has 9 nitrogen and oxygen atoms in total. The maximum absolute atomic E-state index is 12.1. The average molecular weight is 316 g/mol. The van der Waals surface area contributed by atoms with Crippen molar-refractivity contribution in [2.45, 2.75) is 51.7 Å². The Hall–Kier alpha value is -1.39. The predicted octanol–water partition coefficient (Wildman–Crippen LogP) is 0.235. The third-order valence-electron chi connectivity index (χ3n) is 2.02. The van der Waals surface area contributed by atoms with Crippen molar-refractivity contribution < 1.29 is 39.8 Å². The highest BCUT2D eigenvalue weighted by Gasteiger charge is 2.58. The van der Waals surface area contributed by atoms with Gasteiger partial charge >= 0.3 is 16.5 Å². The van der Waals surface area contributed by atoms with Gasteiger partial charge in [-0.2, -0.15) is 13.5 Å². The van der Waals surface area contributed by atoms with Crippen molar-refractivity contribution in [3.05, 3.63) is 0 Å². The lowest BCUT2D eigenvalue weighted by Gasteiger charge is -2.50. The van der Waals surface area contributed by atoms with Crippen LogP contribution in [0.25, 0.3) is 0 Å². The molecule has 0 aromatic carbocycles. The van der Waals surface area contributed by atoms with Crippen LogP contribution >= 0.6 is 0 Å². The molecule has 0 bridgehead atoms. The SMILES string of the molecule is [2H]C([2H])([2H])C1(C([2H])([2H])[2H])[C@H](NC(=O)OC(C)(C)C)C(=O)N1OS(=O)(=O)O. The maximum Gasteiger partial charge on any atom is 0.418 e. The minimum atomic E-state index is -5.43. The first-order valence-electron chi connectivity index (χ1n) is 8.24. The fraction of sp³-hybridized carbons (Fsp3) is 0.800. The normalized spacial score (nSPS) is 27.9. The Bertz CT molecular complexity index is 682. The lowest BCUT2D eigenvalue weighted by atomic mass is 9.85. The van der Waals surface area contributed by atoms with Crippen molar-refractivity contribution in [1.82, 2.24) is 10.4 Å². The number of carbonyl (C=O) groups is 2. The van der Waals surface area contributed by atoms with Crippen molar-refractivity contribution in [1.29, 1.82) is 0 Å². The first-order valence-corrected chi connectivity index (χ1v) is 6.61. The molecular formula is C10H18N2O7S. The van der Waals surface area contributed by atoms with Crippen molar-refractivity contribution in [3.8, 4) is 0 Å². The van der Waals surface area contributed by atoms with Crippen LogP contribution < -0.4 is 5.32 Å². The molecule has 2 N–H and O–H groups in total. The largest absolute Gasteiger partial charge is 0.444 e. The van der Waals surface area contributed by atoms with E-state index in [0.29, 0.717) is 0 Å². The first-order chi connectivity index (χ1) is 11.2. The van der Waals surface area contributed by atoms with Crippen LogP contribution in [0.15, 0.2) is 0 Å². The van der Waals surface area contributed by atoms with E-state index in [1.165, 1.54) is 20.8 Å². The number of hydrogen-bond acceptors (Lipinski definition) is 6. The van der Waals surface area contributed by atoms with Crippen molar-refractivity contribution >= 4 is 22.4 Å². The third kappa shape index (κ3) is 3.81. The zero-order valence-corrected chi connectivity index (χ0v) is 11.6. The molecule has 1 fully saturated rings. The van der Waals surface area contributed by atoms with Crippen LogP contribution in [0.2, 0.25) is 0 Å². The lowest BCUT2D eigenvalue weighted by molar-refractivity contribution is -0.217. The lowest BCUT2D eigenvalue weighted by Crippen LogP contribution is -2.76. The summed E-state index contributed by atoms with van der Waals surface area (Å²) < 4.78 is 84.3. The fourth-order valence-corrected chi connectivity index (χ4v) is 1.68. The van der Waals surface area contributed by atoms with Gasteiger partial charge in [0.25, 0.3) is 5.91 Å². The Labute approximate surface area is 125 Å². The molecule has 1 aliphatic heterocycles. The number of nitrogens with one attached hydrogen (secondary N) is 1. The number of rotatable bonds is 3. The summed E-state index contributed by atoms with van der Waals surface area (Å²) in [5.41, 5.74) is -4.33. The van der Waals surface area contributed by atoms with Gasteiger partial charge in [0.1, 0.15) is 11.6 Å². The molecule has 0 unspecified atom stereocenters. The molecule has 0 radical (unpaired) electrons. The summed E-state index contributed by atoms with van der Waals surface area (Å²) >= 11 is 0. The van der Waals surface area contributed by atoms with Crippen molar-refractivity contribution in [2.24, 2.45) is 0 Å². The molecular weight excluding hydrogens is 292 g/mol. The van der Waals surface area contributed by atoms with Crippen LogP contribution in [0, 0.1) is 0 Å². The molecule has 20 heavy (non-hydrogen) atoms. The summed E-state index contributed by atoms with van der Waals surface area (Å²) in [5, 5.41) is 1.33. The van der Waals surface area contributed by atoms with Crippen LogP contribution in [0.1, 0.15) is 42.7 Å². The van der Waals surface area contributed by atoms with E-state index in [4.69, 9.17) is 17.5 Å². The Morgan fingerprint density at radius 1 is 1.50 bits per heavy atom. The summed E-state index contributed by atoms with van der Waals surface area (Å²) in [4.78, 5) is 24.0. The molecule has 0 saturated carbocycles. The van der Waals surface area contributed by atoms with Gasteiger partial charge in [-0.15, -0.1) is 4.28 Å². The van der Waals surface area contributed by atoms with Crippen LogP contribution in [0.4, 0.5) is 4.79 Å². The van der Waals surface area contributed by atoms with E-state index in [1.54, 1.807) is 0 Å². The molecule has 1 atom stereocenters. The second kappa shape index (κ2) is 4.86. The Morgan fingerprint density at radius 2 is 2.05 bits per heavy atom. The number of hydrogen-bond donors (Lipinski definition) is 2. The molecule has 116 valence electrons. The highest BCUT2D eigenvalue weighted by atomic mass is 32.3. The molecule has 1 saturated heterocycles. The standard InChI is InChI=1S/C10H18N2O7S/c1-9(2,3)18-8(14)11-6-7(13)12(10(6,4)5)19-20(15,16)17/h6H,1-5H3,(H,11,14)(H,15,16,17)/t6-/m1/s1/i4D3,5D3. The first kappa shape index (κ1) is 9.53. The number of carbonyl (C=O) groups excluding carboxylic acids is 2. The van der Waals surface area contributed by atoms with Gasteiger partial charge in [0, 0.05) is 8.22 Å². The quantitative estimate of drug-likeness (QED) is 0.564. The van der Waals surface area contributed by atoms with Crippen LogP contribution in [0.3, 0.4) is 0 Å². The third-order valence-corrected chi connectivity index (χ3v) is 2.35. The van der Waals surface area contributed by atoms with E-state index in [0.717, 1.165) is 0 Å². The number of amides is 2. The molecule has 1 heterocycles. The summed E-state index contributed by atoms with van der Waals surface area (Å²) in [6, 6.07) is -2.22. The zero-order chi connectivity index (χ0) is 20.9. The van der Waals surface area contributed by atoms with Gasteiger partial charge in [0.2, 0.25) is 0 Å². The van der Waals surface area contributed by atoms with Crippen LogP contribution in [-0.4, -0.2) is 47.2 Å². The van der Waals surface area contributed by atoms with Gasteiger partial charge in [-0.1, -0.05) is 0 Å². The molecule has 10 heteroatoms. The number of hydroxylamine groups is 2. The smallest absolute Gasteiger partial charge is 0.418 e. The molecule has 0 aromatic heterocycles. The van der Waals surface area contributed by atoms with E-state index < -0.39 is 58.3 Å². The summed E-state index contributed by atoms with van der Waals surface area (Å²) in [7, 11) is -5.43. The van der Waals surface area contributed by atoms with E-state index in [2.05, 4.69) is 4.28 Å². The van der Waals surface area contributed by atoms with Crippen LogP contribution in [-0.2, 0) is 24.2 Å². The highest BCUT2D eigenvalue weighted by Crippen LogP contribution is 2.32. The second-order valence-electron chi connectivity index (χ2n) is 4.98. The van der Waals surface area contributed by atoms with Crippen molar-refractivity contribution in [3.63, 3.8) is 0 Å². The molecule has 0 spiro atoms. The summed E-state index contributed by atoms with van der Waals surface area (Å²) in [6.45, 7) is -2.70. The monoisotopic (exact) mass is 316 g/mol. The topological polar surface area (TPSA) is 122 Å². The molecule has 1 aliphatic rings. The van der Waals surface area contributed by atoms with Gasteiger partial charge in [-0.25, -0.2) is 4.79 Å². The Kier molecular flexibility index (Phi) is 2.32. The van der Waals surface area contributed by atoms with E-state index in [1.807, 2.05) is 5.32 Å². The highest BCUT2D eigenvalue weighted by molar-refractivity contribution is 7.80. The summed E-state index contributed by atoms with van der Waals surface area (Å²) in [5.74, 6) is -1.51. The molecule has 0 aromatic rings. The molecule has 2 amide bonds. The number of nitrogens with zero attached hydrogens (tertiary/aromatic N) is 1. The number of alkyl carbamates (subject to hydrolysis) is 1. The van der Waals surface area contributed by atoms with Gasteiger partial charge in [0.15, 0.2) is 0 Å². The van der Waals surface area contributed by atoms with Gasteiger partial charge in [-0.3, -0.25) is 9.35 Å². The predicted molar refractivity (Wildman–Crippen MR) is 66.7 cm³/mol. The fourth-order valence-electron chi connectivity index (χ4n) is 1.30. The van der Waals surface area contributed by atoms with Gasteiger partial charge in [-0.05, 0) is 34.5 Å². The summed E-state index contributed by atoms with van der Waals surface area (Å²) in [6.07, 6.45) is -1.31. The van der Waals surface area contributed by atoms with Gasteiger partial charge < -0.3 is 10.1 Å². The molecule has 1 rings (SSSR count). The number of β-lactam (4-membered cyclic amide) rings is 1. The van der Waals surface area contributed by atoms with Gasteiger partial charge in [0.05, 0.1) is 5.54 Å². The number of ether oxygens (including phenoxy) is 1. The van der Waals surface area contributed by atoms with Crippen molar-refractivity contribution in [2.75, 3.05) is 0 Å². The maximum atomic E-state index is 12.1.